The largest absolute Gasteiger partial charge is 0.203 e. The van der Waals surface area contributed by atoms with Crippen molar-refractivity contribution >= 4 is 24.3 Å². The maximum absolute atomic E-state index is 13.8. The molecular weight excluding hydrogens is 344 g/mol. The molecule has 2 aromatic carbocycles. The fourth-order valence-corrected chi connectivity index (χ4v) is 2.25. The van der Waals surface area contributed by atoms with Crippen LogP contribution in [0.1, 0.15) is 22.3 Å². The third-order valence-electron chi connectivity index (χ3n) is 3.50. The Morgan fingerprint density at radius 1 is 0.292 bits per heavy atom. The lowest BCUT2D eigenvalue weighted by atomic mass is 10.0. The smallest absolute Gasteiger partial charge is 0.169 e. The zero-order valence-corrected chi connectivity index (χ0v) is 11.3. The van der Waals surface area contributed by atoms with Gasteiger partial charge in [-0.1, -0.05) is 0 Å². The molecule has 0 unspecified atom stereocenters. The summed E-state index contributed by atoms with van der Waals surface area (Å²) in [5.74, 6) is -14.5. The van der Waals surface area contributed by atoms with Gasteiger partial charge in [0.1, 0.15) is 0 Å². The first-order valence-electron chi connectivity index (χ1n) is 6.33. The van der Waals surface area contributed by atoms with Gasteiger partial charge in [-0.2, -0.15) is 0 Å². The molecule has 0 radical (unpaired) electrons. The van der Waals surface area contributed by atoms with Gasteiger partial charge in [0, 0.05) is 0 Å². The third-order valence-corrected chi connectivity index (χ3v) is 3.50. The fourth-order valence-electron chi connectivity index (χ4n) is 2.25. The van der Waals surface area contributed by atoms with Crippen molar-refractivity contribution in [3.63, 3.8) is 0 Å². The number of benzene rings is 2. The SMILES string of the molecule is Fc1c(F)c2c(F)c(F)c1C=Cc1c(F)c(F)c(c(F)c1F)C=C2. The molecule has 0 heterocycles. The van der Waals surface area contributed by atoms with Crippen molar-refractivity contribution in [2.75, 3.05) is 0 Å². The molecule has 4 bridgehead atoms. The maximum Gasteiger partial charge on any atom is 0.169 e. The van der Waals surface area contributed by atoms with E-state index in [0.717, 1.165) is 0 Å². The van der Waals surface area contributed by atoms with E-state index in [4.69, 9.17) is 0 Å². The Morgan fingerprint density at radius 3 is 0.542 bits per heavy atom. The van der Waals surface area contributed by atoms with Crippen molar-refractivity contribution in [3.05, 3.63) is 68.8 Å². The molecule has 0 saturated carbocycles. The molecule has 0 N–H and O–H groups in total. The number of hydrogen-bond acceptors (Lipinski definition) is 0. The maximum atomic E-state index is 13.8. The van der Waals surface area contributed by atoms with Crippen molar-refractivity contribution < 1.29 is 35.1 Å². The van der Waals surface area contributed by atoms with E-state index < -0.39 is 68.8 Å². The Balaban J connectivity index is 2.49. The summed E-state index contributed by atoms with van der Waals surface area (Å²) in [5, 5.41) is 0. The molecule has 0 aliphatic heterocycles. The standard InChI is InChI=1S/C16H4F8/c17-9-5-1-2-6-11(19)15(23)8(16(24)12(6)20)4-3-7(13(9)21)14(22)10(5)18/h1-4H. The molecule has 8 heteroatoms. The second-order valence-electron chi connectivity index (χ2n) is 4.83. The van der Waals surface area contributed by atoms with E-state index in [1.54, 1.807) is 0 Å². The van der Waals surface area contributed by atoms with Crippen molar-refractivity contribution in [1.29, 1.82) is 0 Å². The van der Waals surface area contributed by atoms with Crippen molar-refractivity contribution in [3.8, 4) is 0 Å². The van der Waals surface area contributed by atoms with Crippen LogP contribution in [-0.4, -0.2) is 0 Å². The zero-order valence-electron chi connectivity index (χ0n) is 11.3. The van der Waals surface area contributed by atoms with E-state index in [1.165, 1.54) is 0 Å². The molecule has 2 aromatic rings. The first kappa shape index (κ1) is 16.2. The van der Waals surface area contributed by atoms with Gasteiger partial charge in [0.25, 0.3) is 0 Å². The average molecular weight is 348 g/mol. The summed E-state index contributed by atoms with van der Waals surface area (Å²) < 4.78 is 111. The highest BCUT2D eigenvalue weighted by Gasteiger charge is 2.26. The van der Waals surface area contributed by atoms with Gasteiger partial charge >= 0.3 is 0 Å². The molecule has 0 aromatic heterocycles. The minimum absolute atomic E-state index is 0.284. The molecule has 0 spiro atoms. The second kappa shape index (κ2) is 5.47. The van der Waals surface area contributed by atoms with Gasteiger partial charge in [-0.05, 0) is 24.3 Å². The predicted octanol–water partition coefficient (Wildman–Crippen LogP) is 5.45. The van der Waals surface area contributed by atoms with Gasteiger partial charge in [-0.15, -0.1) is 0 Å². The van der Waals surface area contributed by atoms with E-state index in [2.05, 4.69) is 0 Å². The first-order valence-corrected chi connectivity index (χ1v) is 6.33. The Hall–Kier alpha value is -2.64. The van der Waals surface area contributed by atoms with Crippen LogP contribution in [-0.2, 0) is 0 Å². The summed E-state index contributed by atoms with van der Waals surface area (Å²) in [6, 6.07) is 0. The molecule has 0 amide bonds. The van der Waals surface area contributed by atoms with Crippen LogP contribution in [0.3, 0.4) is 0 Å². The van der Waals surface area contributed by atoms with Crippen LogP contribution in [0.5, 0.6) is 0 Å². The normalized spacial score (nSPS) is 12.7. The predicted molar refractivity (Wildman–Crippen MR) is 70.4 cm³/mol. The summed E-state index contributed by atoms with van der Waals surface area (Å²) >= 11 is 0. The number of halogens is 8. The molecule has 0 saturated heterocycles. The third kappa shape index (κ3) is 2.13. The number of hydrogen-bond donors (Lipinski definition) is 0. The van der Waals surface area contributed by atoms with Crippen LogP contribution in [0.25, 0.3) is 24.3 Å². The monoisotopic (exact) mass is 348 g/mol. The van der Waals surface area contributed by atoms with Gasteiger partial charge in [-0.3, -0.25) is 0 Å². The Morgan fingerprint density at radius 2 is 0.417 bits per heavy atom. The summed E-state index contributed by atoms with van der Waals surface area (Å²) in [4.78, 5) is 0. The number of rotatable bonds is 0. The first-order chi connectivity index (χ1) is 11.3. The van der Waals surface area contributed by atoms with Crippen LogP contribution in [0.4, 0.5) is 35.1 Å². The molecular formula is C16H4F8. The summed E-state index contributed by atoms with van der Waals surface area (Å²) in [6.07, 6.45) is 1.13. The molecule has 6 rings (SSSR count). The highest BCUT2D eigenvalue weighted by Crippen LogP contribution is 2.32. The summed E-state index contributed by atoms with van der Waals surface area (Å²) in [5.41, 5.74) is -5.14. The van der Waals surface area contributed by atoms with E-state index in [0.29, 0.717) is 0 Å². The summed E-state index contributed by atoms with van der Waals surface area (Å²) in [7, 11) is 0. The molecule has 0 atom stereocenters. The lowest BCUT2D eigenvalue weighted by molar-refractivity contribution is 0.446. The van der Waals surface area contributed by atoms with E-state index in [-0.39, 0.29) is 24.3 Å². The summed E-state index contributed by atoms with van der Waals surface area (Å²) in [6.45, 7) is 0. The van der Waals surface area contributed by atoms with Gasteiger partial charge in [0.15, 0.2) is 46.5 Å². The van der Waals surface area contributed by atoms with E-state index in [1.807, 2.05) is 0 Å². The Labute approximate surface area is 129 Å². The van der Waals surface area contributed by atoms with Gasteiger partial charge in [0.05, 0.1) is 22.3 Å². The van der Waals surface area contributed by atoms with Gasteiger partial charge < -0.3 is 0 Å². The molecule has 24 heavy (non-hydrogen) atoms. The molecule has 0 nitrogen and oxygen atoms in total. The zero-order chi connectivity index (χ0) is 17.8. The topological polar surface area (TPSA) is 0 Å². The lowest BCUT2D eigenvalue weighted by Gasteiger charge is -2.11. The highest BCUT2D eigenvalue weighted by atomic mass is 19.2. The van der Waals surface area contributed by atoms with Crippen LogP contribution < -0.4 is 0 Å². The van der Waals surface area contributed by atoms with Gasteiger partial charge in [-0.25, -0.2) is 35.1 Å². The van der Waals surface area contributed by atoms with Crippen molar-refractivity contribution in [2.24, 2.45) is 0 Å². The highest BCUT2D eigenvalue weighted by molar-refractivity contribution is 5.77. The van der Waals surface area contributed by atoms with Crippen LogP contribution in [0.2, 0.25) is 0 Å². The van der Waals surface area contributed by atoms with Crippen LogP contribution in [0, 0.1) is 46.5 Å². The van der Waals surface area contributed by atoms with Crippen LogP contribution >= 0.6 is 0 Å². The van der Waals surface area contributed by atoms with Crippen molar-refractivity contribution in [1.82, 2.24) is 0 Å². The Bertz CT molecular complexity index is 731. The molecule has 0 fully saturated rings. The average Bonchev–Trinajstić information content (AvgIpc) is 2.55. The molecule has 4 aliphatic carbocycles. The minimum atomic E-state index is -1.82. The quantitative estimate of drug-likeness (QED) is 0.374. The Kier molecular flexibility index (Phi) is 3.70. The fraction of sp³-hybridized carbons (Fsp3) is 0. The van der Waals surface area contributed by atoms with E-state index >= 15 is 0 Å². The van der Waals surface area contributed by atoms with E-state index in [9.17, 15) is 35.1 Å². The lowest BCUT2D eigenvalue weighted by Crippen LogP contribution is -2.06. The van der Waals surface area contributed by atoms with Gasteiger partial charge in [0.2, 0.25) is 0 Å². The van der Waals surface area contributed by atoms with Crippen molar-refractivity contribution in [2.45, 2.75) is 0 Å². The van der Waals surface area contributed by atoms with Crippen LogP contribution in [0.15, 0.2) is 0 Å². The second-order valence-corrected chi connectivity index (χ2v) is 4.83. The minimum Gasteiger partial charge on any atom is -0.203 e. The molecule has 4 aliphatic rings. The molecule has 124 valence electrons.